The van der Waals surface area contributed by atoms with E-state index in [1.807, 2.05) is 0 Å². The van der Waals surface area contributed by atoms with Crippen LogP contribution in [0.1, 0.15) is 34.6 Å². The molecule has 0 saturated carbocycles. The molecule has 66 heteroatoms. The van der Waals surface area contributed by atoms with Crippen molar-refractivity contribution in [2.24, 2.45) is 0 Å². The summed E-state index contributed by atoms with van der Waals surface area (Å²) in [5.41, 5.74) is 0. The van der Waals surface area contributed by atoms with Crippen LogP contribution in [0.25, 0.3) is 0 Å². The summed E-state index contributed by atoms with van der Waals surface area (Å²) >= 11 is 0. The van der Waals surface area contributed by atoms with Crippen molar-refractivity contribution in [2.45, 2.75) is 403 Å². The Hall–Kier alpha value is -4.89. The monoisotopic (exact) mass is 2170 g/mol. The fourth-order valence-electron chi connectivity index (χ4n) is 19.3. The van der Waals surface area contributed by atoms with E-state index < -0.39 is 477 Å². The Morgan fingerprint density at radius 2 is 0.372 bits per heavy atom. The summed E-state index contributed by atoms with van der Waals surface area (Å²) in [7, 11) is 0. The molecule has 38 N–H and O–H groups in total. The van der Waals surface area contributed by atoms with Crippen LogP contribution in [-0.2, 0) is 133 Å². The molecule has 0 aromatic carbocycles. The topological polar surface area (TPSA) is 1030 Å². The summed E-state index contributed by atoms with van der Waals surface area (Å²) in [4.78, 5) is 65.6. The first kappa shape index (κ1) is 122. The van der Waals surface area contributed by atoms with Crippen molar-refractivity contribution in [1.82, 2.24) is 26.6 Å². The highest BCUT2D eigenvalue weighted by Gasteiger charge is 2.64. The first-order chi connectivity index (χ1) is 70.1. The normalized spacial score (nSPS) is 49.3. The molecule has 148 heavy (non-hydrogen) atoms. The summed E-state index contributed by atoms with van der Waals surface area (Å²) < 4.78 is 138. The average Bonchev–Trinajstić information content (AvgIpc) is 0.758. The second-order valence-corrected chi connectivity index (χ2v) is 37.3. The minimum absolute atomic E-state index is 0.844. The first-order valence-corrected chi connectivity index (χ1v) is 47.2. The zero-order chi connectivity index (χ0) is 109. The second-order valence-electron chi connectivity index (χ2n) is 37.3. The molecule has 0 aliphatic carbocycles. The highest BCUT2D eigenvalue weighted by Crippen LogP contribution is 2.43. The van der Waals surface area contributed by atoms with E-state index in [0.717, 1.165) is 34.6 Å². The third-order valence-electron chi connectivity index (χ3n) is 27.1. The molecule has 0 radical (unpaired) electrons. The number of aliphatic hydroxyl groups excluding tert-OH is 33. The molecule has 12 fully saturated rings. The number of rotatable bonds is 39. The lowest BCUT2D eigenvalue weighted by Crippen LogP contribution is -2.71. The highest BCUT2D eigenvalue weighted by molar-refractivity contribution is 5.75. The number of nitrogens with one attached hydrogen (secondary N) is 5. The largest absolute Gasteiger partial charge is 0.394 e. The van der Waals surface area contributed by atoms with Crippen molar-refractivity contribution in [3.05, 3.63) is 0 Å². The van der Waals surface area contributed by atoms with E-state index in [1.54, 1.807) is 0 Å². The van der Waals surface area contributed by atoms with E-state index >= 15 is 0 Å². The van der Waals surface area contributed by atoms with Crippen LogP contribution in [0.2, 0.25) is 0 Å². The van der Waals surface area contributed by atoms with Gasteiger partial charge in [0.25, 0.3) is 0 Å². The zero-order valence-electron chi connectivity index (χ0n) is 79.3. The Morgan fingerprint density at radius 3 is 0.669 bits per heavy atom. The summed E-state index contributed by atoms with van der Waals surface area (Å²) in [6.07, 6.45) is -121. The van der Waals surface area contributed by atoms with E-state index in [1.165, 1.54) is 0 Å². The number of carbonyl (C=O) groups excluding carboxylic acids is 5. The lowest BCUT2D eigenvalue weighted by Gasteiger charge is -2.52. The second kappa shape index (κ2) is 53.4. The lowest BCUT2D eigenvalue weighted by atomic mass is 9.93. The van der Waals surface area contributed by atoms with Gasteiger partial charge < -0.3 is 304 Å². The van der Waals surface area contributed by atoms with Crippen LogP contribution in [0.3, 0.4) is 0 Å². The van der Waals surface area contributed by atoms with E-state index in [4.69, 9.17) is 109 Å². The summed E-state index contributed by atoms with van der Waals surface area (Å²) in [5, 5.41) is 385. The van der Waals surface area contributed by atoms with Crippen molar-refractivity contribution >= 4 is 29.5 Å². The number of hydrogen-bond donors (Lipinski definition) is 38. The van der Waals surface area contributed by atoms with E-state index in [-0.39, 0.29) is 0 Å². The van der Waals surface area contributed by atoms with Crippen LogP contribution in [0.4, 0.5) is 0 Å². The molecule has 12 aliphatic rings. The number of carbonyl (C=O) groups is 5. The van der Waals surface area contributed by atoms with Gasteiger partial charge >= 0.3 is 0 Å². The average molecular weight is 2170 g/mol. The van der Waals surface area contributed by atoms with Crippen LogP contribution in [0.5, 0.6) is 0 Å². The summed E-state index contributed by atoms with van der Waals surface area (Å²) in [6, 6.07) is -10.1. The van der Waals surface area contributed by atoms with Crippen molar-refractivity contribution in [3.63, 3.8) is 0 Å². The molecule has 0 aromatic heterocycles. The van der Waals surface area contributed by atoms with Gasteiger partial charge in [0, 0.05) is 34.6 Å². The predicted molar refractivity (Wildman–Crippen MR) is 453 cm³/mol. The van der Waals surface area contributed by atoms with E-state index in [2.05, 4.69) is 26.6 Å². The standard InChI is InChI=1S/C82H137N5O61/c1-18(99)83-35-46(110)61(28(11-93)127-71(35)125)139-72-36(84-19(2)100)48(112)65(31(14-96)133-72)144-80-60(124)68(45(109)34(138-80)17-126-81-69(54(118)43(107)26(9-91)132-81)147-74-38(86-21(4)102)50(114)64(32(15-97)135-74)143-79-59(123)67(44(108)27(10-92)131-79)145-78-57(121)53(117)42(106)25(8-90)130-78)146-82-70(148-75-39(87-22(5)103)49(113)63(30(13-95)136-75)142-77-56(120)52(116)41(105)24(7-89)129-77)58(122)66(33(16-98)137-82)140-73-37(85-20(3)101)47(111)62(29(12-94)134-73)141-76-55(119)51(115)40(104)23(6-88)128-76/h23-82,88-98,104-125H,6-17H2,1-5H3,(H,83,99)(H,84,100)(H,85,101)(H,86,102)(H,87,103)/t23-,24-,25-,26-,27-,28-,29-,30-,31-,32-,33-,34-,35-,36-,37-,38-,39-,40+,41+,42+,43-,44+,45-,46-,47-,48-,49-,50-,51+,52+,53+,54+,55-,56-,57-,58+,59-,60+,61-,62-,63-,64-,65-,66-,67+,68+,69+,70+,71?,72+,73+,74+,75+,76+,77+,78-,79+,80+,81+,82-/m1/s1. The van der Waals surface area contributed by atoms with Gasteiger partial charge in [-0.15, -0.1) is 0 Å². The Kier molecular flexibility index (Phi) is 43.9. The summed E-state index contributed by atoms with van der Waals surface area (Å²) in [5.74, 6) is -5.03. The third-order valence-corrected chi connectivity index (χ3v) is 27.1. The van der Waals surface area contributed by atoms with Gasteiger partial charge in [-0.25, -0.2) is 0 Å². The minimum atomic E-state index is -2.79. The van der Waals surface area contributed by atoms with Crippen LogP contribution in [0.15, 0.2) is 0 Å². The molecule has 5 amide bonds. The molecule has 60 atom stereocenters. The molecule has 0 bridgehead atoms. The van der Waals surface area contributed by atoms with Gasteiger partial charge in [0.05, 0.1) is 79.3 Å². The van der Waals surface area contributed by atoms with Crippen LogP contribution in [-0.4, -0.2) is 645 Å². The van der Waals surface area contributed by atoms with Gasteiger partial charge in [0.2, 0.25) is 29.5 Å². The zero-order valence-corrected chi connectivity index (χ0v) is 79.3. The van der Waals surface area contributed by atoms with Gasteiger partial charge in [-0.2, -0.15) is 0 Å². The van der Waals surface area contributed by atoms with Crippen LogP contribution < -0.4 is 26.6 Å². The maximum absolute atomic E-state index is 13.5. The molecule has 0 spiro atoms. The Bertz CT molecular complexity index is 4130. The van der Waals surface area contributed by atoms with E-state index in [9.17, 15) is 192 Å². The maximum Gasteiger partial charge on any atom is 0.217 e. The van der Waals surface area contributed by atoms with Crippen molar-refractivity contribution < 1.29 is 301 Å². The smallest absolute Gasteiger partial charge is 0.217 e. The molecule has 0 aromatic rings. The first-order valence-electron chi connectivity index (χ1n) is 47.2. The molecule has 12 rings (SSSR count). The lowest BCUT2D eigenvalue weighted by molar-refractivity contribution is -0.407. The maximum atomic E-state index is 13.5. The number of aliphatic hydroxyl groups is 33. The van der Waals surface area contributed by atoms with Gasteiger partial charge in [0.1, 0.15) is 293 Å². The molecular formula is C82H137N5O61. The van der Waals surface area contributed by atoms with Crippen molar-refractivity contribution in [1.29, 1.82) is 0 Å². The molecule has 12 saturated heterocycles. The third kappa shape index (κ3) is 26.7. The Balaban J connectivity index is 0.912. The van der Waals surface area contributed by atoms with Crippen molar-refractivity contribution in [2.75, 3.05) is 79.3 Å². The quantitative estimate of drug-likeness (QED) is 0.0272. The molecule has 12 heterocycles. The molecule has 66 nitrogen and oxygen atoms in total. The number of amides is 5. The van der Waals surface area contributed by atoms with Gasteiger partial charge in [-0.05, 0) is 0 Å². The summed E-state index contributed by atoms with van der Waals surface area (Å²) in [6.45, 7) is -9.89. The molecule has 12 aliphatic heterocycles. The fourth-order valence-corrected chi connectivity index (χ4v) is 19.3. The minimum Gasteiger partial charge on any atom is -0.394 e. The number of ether oxygens (including phenoxy) is 23. The Labute approximate surface area is 837 Å². The van der Waals surface area contributed by atoms with Gasteiger partial charge in [-0.3, -0.25) is 24.0 Å². The van der Waals surface area contributed by atoms with E-state index in [0.29, 0.717) is 0 Å². The van der Waals surface area contributed by atoms with Gasteiger partial charge in [0.15, 0.2) is 75.5 Å². The van der Waals surface area contributed by atoms with Gasteiger partial charge in [-0.1, -0.05) is 0 Å². The number of hydrogen-bond acceptors (Lipinski definition) is 61. The Morgan fingerprint density at radius 1 is 0.176 bits per heavy atom. The highest BCUT2D eigenvalue weighted by atomic mass is 16.8. The fraction of sp³-hybridized carbons (Fsp3) is 0.939. The van der Waals surface area contributed by atoms with Crippen LogP contribution >= 0.6 is 0 Å². The SMILES string of the molecule is CC(=O)N[C@H]1[C@H](O[C@H]2[C@H](O)[C@@H](NC(C)=O)C(O)O[C@@H]2CO)O[C@H](CO)[C@@H](O[C@@H]2O[C@H](CO[C@H]3O[C@H](CO)[C@@H](O)[C@H](O)[C@@H]3O[C@@H]3O[C@H](CO)[C@@H](O[C@@H]4O[C@H](CO)[C@H](O)[C@H](O[C@H]5O[C@H](CO)[C@H](O)[C@H](O)[C@H]5O)[C@H]4O)[C@H](O)[C@H]3NC(C)=O)[C@@H](O)[C@H](O[C@H]3O[C@H](CO)[C@@H](O[C@@H]4O[C@H](CO)[C@@H](O[C@@H]5O[C@H](CO)[C@H](O)[C@H](O)[C@H]5O)[C@H](O)[C@H]4NC(C)=O)[C@H](O)[C@@H]3O[C@@H]3O[C@H](CO)[C@@H](O[C@@H]4O[C@H](CO)[C@H](O)[C@H](O)[C@H]4O)[C@H](O)[C@H]3NC(C)=O)[C@@H]2O)[C@@H]1O. The molecule has 1 unspecified atom stereocenters. The predicted octanol–water partition coefficient (Wildman–Crippen LogP) is -26.4. The van der Waals surface area contributed by atoms with Crippen molar-refractivity contribution in [3.8, 4) is 0 Å². The van der Waals surface area contributed by atoms with Crippen LogP contribution in [0, 0.1) is 0 Å². The molecule has 856 valence electrons. The molecular weight excluding hydrogens is 2030 g/mol.